The largest absolute Gasteiger partial charge is 0.312 e. The van der Waals surface area contributed by atoms with Gasteiger partial charge in [0.15, 0.2) is 0 Å². The van der Waals surface area contributed by atoms with Gasteiger partial charge in [0, 0.05) is 17.2 Å². The maximum atomic E-state index is 4.31. The van der Waals surface area contributed by atoms with E-state index in [1.54, 1.807) is 0 Å². The molecule has 1 unspecified atom stereocenters. The van der Waals surface area contributed by atoms with Crippen molar-refractivity contribution in [3.63, 3.8) is 0 Å². The lowest BCUT2D eigenvalue weighted by molar-refractivity contribution is 0.219. The molecule has 1 N–H and O–H groups in total. The second-order valence-electron chi connectivity index (χ2n) is 6.79. The molecule has 2 heterocycles. The maximum absolute atomic E-state index is 4.31. The zero-order valence-corrected chi connectivity index (χ0v) is 11.6. The fourth-order valence-electron chi connectivity index (χ4n) is 2.37. The number of aromatic nitrogens is 3. The van der Waals surface area contributed by atoms with Crippen molar-refractivity contribution >= 4 is 0 Å². The van der Waals surface area contributed by atoms with Crippen LogP contribution in [0.4, 0.5) is 0 Å². The standard InChI is InChI=1S/C13H24N4/c1-12(2,3)11-9-17(16-15-11)10-6-7-14-13(4,5)8-10/h9-10,14H,6-8H2,1-5H3. The van der Waals surface area contributed by atoms with Crippen molar-refractivity contribution in [2.24, 2.45) is 0 Å². The van der Waals surface area contributed by atoms with Gasteiger partial charge in [-0.2, -0.15) is 0 Å². The summed E-state index contributed by atoms with van der Waals surface area (Å²) in [6.07, 6.45) is 4.36. The minimum absolute atomic E-state index is 0.0840. The molecule has 96 valence electrons. The second kappa shape index (κ2) is 4.09. The van der Waals surface area contributed by atoms with Crippen LogP contribution >= 0.6 is 0 Å². The Kier molecular flexibility index (Phi) is 3.02. The van der Waals surface area contributed by atoms with Crippen molar-refractivity contribution in [3.8, 4) is 0 Å². The molecule has 0 aliphatic carbocycles. The third kappa shape index (κ3) is 2.86. The molecule has 2 rings (SSSR count). The van der Waals surface area contributed by atoms with Crippen molar-refractivity contribution < 1.29 is 0 Å². The first-order valence-electron chi connectivity index (χ1n) is 6.45. The van der Waals surface area contributed by atoms with E-state index in [9.17, 15) is 0 Å². The smallest absolute Gasteiger partial charge is 0.0880 e. The molecule has 0 amide bonds. The lowest BCUT2D eigenvalue weighted by Gasteiger charge is -2.36. The fraction of sp³-hybridized carbons (Fsp3) is 0.846. The van der Waals surface area contributed by atoms with Gasteiger partial charge in [0.1, 0.15) is 0 Å². The summed E-state index contributed by atoms with van der Waals surface area (Å²) in [5.74, 6) is 0. The molecule has 17 heavy (non-hydrogen) atoms. The van der Waals surface area contributed by atoms with Crippen LogP contribution in [0.25, 0.3) is 0 Å². The predicted octanol–water partition coefficient (Wildman–Crippen LogP) is 2.28. The van der Waals surface area contributed by atoms with Crippen LogP contribution in [-0.2, 0) is 5.41 Å². The van der Waals surface area contributed by atoms with Crippen LogP contribution in [0.5, 0.6) is 0 Å². The van der Waals surface area contributed by atoms with Gasteiger partial charge in [-0.05, 0) is 33.2 Å². The average molecular weight is 236 g/mol. The SMILES string of the molecule is CC1(C)CC(n2cc(C(C)(C)C)nn2)CCN1. The first-order chi connectivity index (χ1) is 7.78. The highest BCUT2D eigenvalue weighted by Crippen LogP contribution is 2.28. The summed E-state index contributed by atoms with van der Waals surface area (Å²) in [5, 5.41) is 12.1. The molecule has 0 bridgehead atoms. The van der Waals surface area contributed by atoms with Gasteiger partial charge in [-0.25, -0.2) is 4.68 Å². The Morgan fingerprint density at radius 3 is 2.65 bits per heavy atom. The molecular formula is C13H24N4. The highest BCUT2D eigenvalue weighted by Gasteiger charge is 2.29. The third-order valence-corrected chi connectivity index (χ3v) is 3.48. The Balaban J connectivity index is 2.15. The predicted molar refractivity (Wildman–Crippen MR) is 69.1 cm³/mol. The molecule has 0 saturated carbocycles. The second-order valence-corrected chi connectivity index (χ2v) is 6.79. The Morgan fingerprint density at radius 1 is 1.41 bits per heavy atom. The quantitative estimate of drug-likeness (QED) is 0.813. The number of nitrogens with zero attached hydrogens (tertiary/aromatic N) is 3. The van der Waals surface area contributed by atoms with Crippen LogP contribution in [-0.4, -0.2) is 27.1 Å². The summed E-state index contributed by atoms with van der Waals surface area (Å²) in [6, 6.07) is 0.481. The molecule has 1 aromatic heterocycles. The van der Waals surface area contributed by atoms with Crippen molar-refractivity contribution in [2.45, 2.75) is 64.5 Å². The van der Waals surface area contributed by atoms with E-state index in [0.717, 1.165) is 25.1 Å². The third-order valence-electron chi connectivity index (χ3n) is 3.48. The summed E-state index contributed by atoms with van der Waals surface area (Å²) < 4.78 is 2.06. The van der Waals surface area contributed by atoms with E-state index in [-0.39, 0.29) is 11.0 Å². The van der Waals surface area contributed by atoms with Gasteiger partial charge < -0.3 is 5.32 Å². The lowest BCUT2D eigenvalue weighted by Crippen LogP contribution is -2.46. The Labute approximate surface area is 104 Å². The van der Waals surface area contributed by atoms with E-state index in [2.05, 4.69) is 61.1 Å². The summed E-state index contributed by atoms with van der Waals surface area (Å²) in [5.41, 5.74) is 1.37. The monoisotopic (exact) mass is 236 g/mol. The van der Waals surface area contributed by atoms with Crippen molar-refractivity contribution in [2.75, 3.05) is 6.54 Å². The Morgan fingerprint density at radius 2 is 2.12 bits per heavy atom. The maximum Gasteiger partial charge on any atom is 0.0880 e. The van der Waals surface area contributed by atoms with Crippen LogP contribution in [0, 0.1) is 0 Å². The van der Waals surface area contributed by atoms with Crippen molar-refractivity contribution in [3.05, 3.63) is 11.9 Å². The minimum atomic E-state index is 0.0840. The minimum Gasteiger partial charge on any atom is -0.312 e. The zero-order chi connectivity index (χ0) is 12.7. The van der Waals surface area contributed by atoms with Crippen molar-refractivity contribution in [1.29, 1.82) is 0 Å². The van der Waals surface area contributed by atoms with Gasteiger partial charge in [0.25, 0.3) is 0 Å². The van der Waals surface area contributed by atoms with E-state index in [1.807, 2.05) is 0 Å². The van der Waals surface area contributed by atoms with Gasteiger partial charge in [-0.1, -0.05) is 26.0 Å². The highest BCUT2D eigenvalue weighted by molar-refractivity contribution is 5.07. The fourth-order valence-corrected chi connectivity index (χ4v) is 2.37. The van der Waals surface area contributed by atoms with E-state index in [4.69, 9.17) is 0 Å². The molecule has 1 aromatic rings. The summed E-state index contributed by atoms with van der Waals surface area (Å²) in [6.45, 7) is 12.1. The van der Waals surface area contributed by atoms with Gasteiger partial charge in [0.05, 0.1) is 11.7 Å². The van der Waals surface area contributed by atoms with Crippen LogP contribution in [0.3, 0.4) is 0 Å². The highest BCUT2D eigenvalue weighted by atomic mass is 15.4. The van der Waals surface area contributed by atoms with Gasteiger partial charge in [0.2, 0.25) is 0 Å². The Bertz CT molecular complexity index is 386. The first-order valence-corrected chi connectivity index (χ1v) is 6.45. The molecule has 1 aliphatic rings. The average Bonchev–Trinajstić information content (AvgIpc) is 2.63. The molecule has 0 aromatic carbocycles. The van der Waals surface area contributed by atoms with Crippen LogP contribution in [0.2, 0.25) is 0 Å². The van der Waals surface area contributed by atoms with Gasteiger partial charge in [-0.15, -0.1) is 5.10 Å². The lowest BCUT2D eigenvalue weighted by atomic mass is 9.89. The number of hydrogen-bond donors (Lipinski definition) is 1. The van der Waals surface area contributed by atoms with Crippen molar-refractivity contribution in [1.82, 2.24) is 20.3 Å². The zero-order valence-electron chi connectivity index (χ0n) is 11.6. The molecule has 1 fully saturated rings. The van der Waals surface area contributed by atoms with E-state index in [0.29, 0.717) is 6.04 Å². The number of rotatable bonds is 1. The molecule has 0 spiro atoms. The number of piperidine rings is 1. The molecule has 0 radical (unpaired) electrons. The molecule has 4 heteroatoms. The molecular weight excluding hydrogens is 212 g/mol. The van der Waals surface area contributed by atoms with E-state index >= 15 is 0 Å². The first kappa shape index (κ1) is 12.6. The normalized spacial score (nSPS) is 24.9. The van der Waals surface area contributed by atoms with Crippen LogP contribution in [0.1, 0.15) is 59.2 Å². The number of nitrogens with one attached hydrogen (secondary N) is 1. The molecule has 4 nitrogen and oxygen atoms in total. The van der Waals surface area contributed by atoms with Gasteiger partial charge >= 0.3 is 0 Å². The molecule has 1 aliphatic heterocycles. The van der Waals surface area contributed by atoms with Crippen LogP contribution in [0.15, 0.2) is 6.20 Å². The molecule has 1 saturated heterocycles. The van der Waals surface area contributed by atoms with E-state index < -0.39 is 0 Å². The summed E-state index contributed by atoms with van der Waals surface area (Å²) in [4.78, 5) is 0. The summed E-state index contributed by atoms with van der Waals surface area (Å²) >= 11 is 0. The summed E-state index contributed by atoms with van der Waals surface area (Å²) in [7, 11) is 0. The topological polar surface area (TPSA) is 42.7 Å². The molecule has 1 atom stereocenters. The Hall–Kier alpha value is -0.900. The van der Waals surface area contributed by atoms with E-state index in [1.165, 1.54) is 0 Å². The number of hydrogen-bond acceptors (Lipinski definition) is 3. The van der Waals surface area contributed by atoms with Crippen LogP contribution < -0.4 is 5.32 Å². The van der Waals surface area contributed by atoms with Gasteiger partial charge in [-0.3, -0.25) is 0 Å².